The van der Waals surface area contributed by atoms with Gasteiger partial charge in [0, 0.05) is 0 Å². The second kappa shape index (κ2) is 9.75. The molecule has 0 aliphatic heterocycles. The maximum Gasteiger partial charge on any atom is 0.161 e. The molecule has 30 heavy (non-hydrogen) atoms. The maximum absolute atomic E-state index is 5.63. The molecular weight excluding hydrogens is 376 g/mol. The molecular formula is C26H32O4. The van der Waals surface area contributed by atoms with Crippen molar-refractivity contribution in [2.24, 2.45) is 0 Å². The van der Waals surface area contributed by atoms with Crippen molar-refractivity contribution in [3.05, 3.63) is 41.5 Å². The van der Waals surface area contributed by atoms with E-state index in [9.17, 15) is 0 Å². The quantitative estimate of drug-likeness (QED) is 0.365. The summed E-state index contributed by atoms with van der Waals surface area (Å²) in [6.07, 6.45) is 8.69. The summed E-state index contributed by atoms with van der Waals surface area (Å²) < 4.78 is 22.5. The summed E-state index contributed by atoms with van der Waals surface area (Å²) >= 11 is 0. The van der Waals surface area contributed by atoms with Crippen molar-refractivity contribution < 1.29 is 18.9 Å². The minimum Gasteiger partial charge on any atom is -0.493 e. The molecule has 4 heteroatoms. The monoisotopic (exact) mass is 408 g/mol. The van der Waals surface area contributed by atoms with Crippen LogP contribution in [-0.4, -0.2) is 28.4 Å². The first kappa shape index (κ1) is 21.8. The summed E-state index contributed by atoms with van der Waals surface area (Å²) in [6, 6.07) is 8.34. The van der Waals surface area contributed by atoms with Crippen molar-refractivity contribution >= 4 is 27.6 Å². The molecule has 3 aromatic carbocycles. The first-order chi connectivity index (χ1) is 14.6. The first-order valence-corrected chi connectivity index (χ1v) is 10.6. The molecule has 0 aliphatic rings. The number of benzene rings is 3. The van der Waals surface area contributed by atoms with Gasteiger partial charge in [0.15, 0.2) is 23.0 Å². The van der Waals surface area contributed by atoms with Gasteiger partial charge in [-0.05, 0) is 76.2 Å². The summed E-state index contributed by atoms with van der Waals surface area (Å²) in [5.41, 5.74) is 2.57. The van der Waals surface area contributed by atoms with Gasteiger partial charge in [0.1, 0.15) is 0 Å². The van der Waals surface area contributed by atoms with Crippen LogP contribution in [0.1, 0.15) is 44.2 Å². The van der Waals surface area contributed by atoms with Gasteiger partial charge in [-0.3, -0.25) is 0 Å². The molecule has 0 heterocycles. The van der Waals surface area contributed by atoms with E-state index in [-0.39, 0.29) is 0 Å². The predicted molar refractivity (Wildman–Crippen MR) is 126 cm³/mol. The van der Waals surface area contributed by atoms with Gasteiger partial charge in [-0.25, -0.2) is 0 Å². The van der Waals surface area contributed by atoms with Crippen molar-refractivity contribution in [2.75, 3.05) is 28.4 Å². The largest absolute Gasteiger partial charge is 0.493 e. The minimum absolute atomic E-state index is 0.716. The minimum atomic E-state index is 0.716. The number of fused-ring (bicyclic) bond motifs is 3. The van der Waals surface area contributed by atoms with Gasteiger partial charge in [0.2, 0.25) is 0 Å². The molecule has 0 bridgehead atoms. The summed E-state index contributed by atoms with van der Waals surface area (Å²) in [7, 11) is 6.70. The Kier molecular flexibility index (Phi) is 7.09. The summed E-state index contributed by atoms with van der Waals surface area (Å²) in [5.74, 6) is 2.91. The molecule has 4 nitrogen and oxygen atoms in total. The van der Waals surface area contributed by atoms with E-state index < -0.39 is 0 Å². The molecule has 0 spiro atoms. The van der Waals surface area contributed by atoms with E-state index in [2.05, 4.69) is 50.3 Å². The molecule has 0 amide bonds. The van der Waals surface area contributed by atoms with E-state index in [1.54, 1.807) is 28.4 Å². The highest BCUT2D eigenvalue weighted by Gasteiger charge is 2.18. The van der Waals surface area contributed by atoms with Gasteiger partial charge in [0.25, 0.3) is 0 Å². The molecule has 160 valence electrons. The number of aryl methyl sites for hydroxylation is 1. The normalized spacial score (nSPS) is 11.4. The van der Waals surface area contributed by atoms with Crippen LogP contribution < -0.4 is 18.9 Å². The van der Waals surface area contributed by atoms with Gasteiger partial charge >= 0.3 is 0 Å². The van der Waals surface area contributed by atoms with Crippen molar-refractivity contribution in [1.82, 2.24) is 0 Å². The second-order valence-corrected chi connectivity index (χ2v) is 7.31. The third kappa shape index (κ3) is 3.91. The average Bonchev–Trinajstić information content (AvgIpc) is 2.79. The molecule has 0 unspecified atom stereocenters. The van der Waals surface area contributed by atoms with Gasteiger partial charge in [-0.2, -0.15) is 0 Å². The fraction of sp³-hybridized carbons (Fsp3) is 0.385. The molecule has 0 saturated heterocycles. The number of unbranched alkanes of at least 4 members (excludes halogenated alkanes) is 1. The highest BCUT2D eigenvalue weighted by Crippen LogP contribution is 2.44. The molecule has 3 aromatic rings. The predicted octanol–water partition coefficient (Wildman–Crippen LogP) is 6.79. The van der Waals surface area contributed by atoms with E-state index in [0.717, 1.165) is 59.1 Å². The Bertz CT molecular complexity index is 1070. The maximum atomic E-state index is 5.63. The molecule has 0 fully saturated rings. The van der Waals surface area contributed by atoms with Gasteiger partial charge in [0.05, 0.1) is 28.4 Å². The standard InChI is InChI=1S/C26H32O4/c1-7-9-11-17-18(12-10-8-2)20-14-24(28-4)26(30-6)16-22(20)21-15-25(29-5)23(27-3)13-19(17)21/h9,11,13-16H,7-8,10,12H2,1-6H3/b11-9+. The summed E-state index contributed by atoms with van der Waals surface area (Å²) in [5, 5.41) is 4.59. The highest BCUT2D eigenvalue weighted by molar-refractivity contribution is 6.14. The first-order valence-electron chi connectivity index (χ1n) is 10.6. The Balaban J connectivity index is 2.54. The number of ether oxygens (including phenoxy) is 4. The molecule has 0 saturated carbocycles. The molecule has 0 radical (unpaired) electrons. The fourth-order valence-corrected chi connectivity index (χ4v) is 4.03. The van der Waals surface area contributed by atoms with Crippen LogP contribution in [0.25, 0.3) is 27.6 Å². The zero-order chi connectivity index (χ0) is 21.7. The van der Waals surface area contributed by atoms with Crippen LogP contribution >= 0.6 is 0 Å². The topological polar surface area (TPSA) is 36.9 Å². The SMILES string of the molecule is CC/C=C/c1c(CCCC)c2cc(OC)c(OC)cc2c2cc(OC)c(OC)cc12. The number of hydrogen-bond donors (Lipinski definition) is 0. The van der Waals surface area contributed by atoms with Crippen LogP contribution in [0.3, 0.4) is 0 Å². The number of hydrogen-bond acceptors (Lipinski definition) is 4. The average molecular weight is 409 g/mol. The van der Waals surface area contributed by atoms with Gasteiger partial charge in [-0.1, -0.05) is 32.4 Å². The van der Waals surface area contributed by atoms with Crippen LogP contribution in [0.4, 0.5) is 0 Å². The van der Waals surface area contributed by atoms with E-state index in [0.29, 0.717) is 5.75 Å². The lowest BCUT2D eigenvalue weighted by Gasteiger charge is -2.19. The number of allylic oxidation sites excluding steroid dienone is 1. The Hall–Kier alpha value is -2.88. The van der Waals surface area contributed by atoms with E-state index in [1.165, 1.54) is 16.5 Å². The van der Waals surface area contributed by atoms with E-state index in [1.807, 2.05) is 0 Å². The van der Waals surface area contributed by atoms with Crippen LogP contribution in [0.2, 0.25) is 0 Å². The van der Waals surface area contributed by atoms with E-state index in [4.69, 9.17) is 18.9 Å². The fourth-order valence-electron chi connectivity index (χ4n) is 4.03. The zero-order valence-corrected chi connectivity index (χ0v) is 18.9. The Morgan fingerprint density at radius 1 is 0.667 bits per heavy atom. The summed E-state index contributed by atoms with van der Waals surface area (Å²) in [6.45, 7) is 4.38. The van der Waals surface area contributed by atoms with Crippen molar-refractivity contribution in [3.8, 4) is 23.0 Å². The lowest BCUT2D eigenvalue weighted by atomic mass is 9.88. The van der Waals surface area contributed by atoms with E-state index >= 15 is 0 Å². The smallest absolute Gasteiger partial charge is 0.161 e. The Morgan fingerprint density at radius 3 is 1.60 bits per heavy atom. The molecule has 0 N–H and O–H groups in total. The number of methoxy groups -OCH3 is 4. The summed E-state index contributed by atoms with van der Waals surface area (Å²) in [4.78, 5) is 0. The molecule has 0 aromatic heterocycles. The van der Waals surface area contributed by atoms with Crippen LogP contribution in [0.15, 0.2) is 30.3 Å². The van der Waals surface area contributed by atoms with Crippen molar-refractivity contribution in [1.29, 1.82) is 0 Å². The molecule has 0 atom stereocenters. The lowest BCUT2D eigenvalue weighted by molar-refractivity contribution is 0.355. The van der Waals surface area contributed by atoms with Gasteiger partial charge < -0.3 is 18.9 Å². The Morgan fingerprint density at radius 2 is 1.13 bits per heavy atom. The van der Waals surface area contributed by atoms with Crippen molar-refractivity contribution in [2.45, 2.75) is 39.5 Å². The molecule has 0 aliphatic carbocycles. The third-order valence-corrected chi connectivity index (χ3v) is 5.58. The van der Waals surface area contributed by atoms with Crippen molar-refractivity contribution in [3.63, 3.8) is 0 Å². The Labute approximate surface area is 179 Å². The zero-order valence-electron chi connectivity index (χ0n) is 18.9. The lowest BCUT2D eigenvalue weighted by Crippen LogP contribution is -1.99. The molecule has 3 rings (SSSR count). The highest BCUT2D eigenvalue weighted by atomic mass is 16.5. The third-order valence-electron chi connectivity index (χ3n) is 5.58. The van der Waals surface area contributed by atoms with Gasteiger partial charge in [-0.15, -0.1) is 0 Å². The van der Waals surface area contributed by atoms with Crippen LogP contribution in [-0.2, 0) is 6.42 Å². The number of rotatable bonds is 9. The second-order valence-electron chi connectivity index (χ2n) is 7.31. The van der Waals surface area contributed by atoms with Crippen LogP contribution in [0, 0.1) is 0 Å². The van der Waals surface area contributed by atoms with Crippen LogP contribution in [0.5, 0.6) is 23.0 Å².